The van der Waals surface area contributed by atoms with E-state index in [0.717, 1.165) is 10.8 Å². The summed E-state index contributed by atoms with van der Waals surface area (Å²) in [4.78, 5) is 23.7. The first-order chi connectivity index (χ1) is 11.1. The predicted molar refractivity (Wildman–Crippen MR) is 90.8 cm³/mol. The molecule has 5 heteroatoms. The quantitative estimate of drug-likeness (QED) is 0.373. The molecule has 0 atom stereocenters. The zero-order valence-corrected chi connectivity index (χ0v) is 13.3. The molecule has 0 radical (unpaired) electrons. The van der Waals surface area contributed by atoms with Gasteiger partial charge in [0.15, 0.2) is 12.0 Å². The highest BCUT2D eigenvalue weighted by Gasteiger charge is 2.17. The number of carbonyl (C=O) groups excluding carboxylic acids is 2. The number of hydrogen-bond donors (Lipinski definition) is 0. The topological polar surface area (TPSA) is 43.4 Å². The standard InChI is InChI=1S/C18H10Cl2O3/c19-13-8-12(10-21)17(16(20)9-13)23-18(22)15-7-3-5-11-4-1-2-6-14(11)15/h1-10H. The first kappa shape index (κ1) is 15.5. The highest BCUT2D eigenvalue weighted by atomic mass is 35.5. The largest absolute Gasteiger partial charge is 0.421 e. The van der Waals surface area contributed by atoms with Crippen LogP contribution in [-0.2, 0) is 0 Å². The van der Waals surface area contributed by atoms with E-state index >= 15 is 0 Å². The van der Waals surface area contributed by atoms with E-state index < -0.39 is 5.97 Å². The van der Waals surface area contributed by atoms with Gasteiger partial charge in [-0.25, -0.2) is 4.79 Å². The SMILES string of the molecule is O=Cc1cc(Cl)cc(Cl)c1OC(=O)c1cccc2ccccc12. The van der Waals surface area contributed by atoms with E-state index in [0.29, 0.717) is 16.9 Å². The van der Waals surface area contributed by atoms with Crippen LogP contribution in [0.25, 0.3) is 10.8 Å². The molecule has 0 unspecified atom stereocenters. The van der Waals surface area contributed by atoms with Gasteiger partial charge >= 0.3 is 5.97 Å². The molecular weight excluding hydrogens is 335 g/mol. The normalized spacial score (nSPS) is 10.5. The summed E-state index contributed by atoms with van der Waals surface area (Å²) in [6.45, 7) is 0. The Bertz CT molecular complexity index is 914. The molecule has 23 heavy (non-hydrogen) atoms. The van der Waals surface area contributed by atoms with E-state index in [4.69, 9.17) is 27.9 Å². The number of fused-ring (bicyclic) bond motifs is 1. The summed E-state index contributed by atoms with van der Waals surface area (Å²) >= 11 is 11.9. The van der Waals surface area contributed by atoms with Crippen molar-refractivity contribution in [1.29, 1.82) is 0 Å². The molecule has 0 spiro atoms. The van der Waals surface area contributed by atoms with Crippen LogP contribution in [0.15, 0.2) is 54.6 Å². The summed E-state index contributed by atoms with van der Waals surface area (Å²) in [5, 5.41) is 2.08. The molecular formula is C18H10Cl2O3. The third-order valence-corrected chi connectivity index (χ3v) is 3.87. The maximum absolute atomic E-state index is 12.5. The Labute approximate surface area is 142 Å². The van der Waals surface area contributed by atoms with E-state index in [-0.39, 0.29) is 16.3 Å². The molecule has 0 aromatic heterocycles. The molecule has 0 aliphatic carbocycles. The number of halogens is 2. The number of carbonyl (C=O) groups is 2. The summed E-state index contributed by atoms with van der Waals surface area (Å²) in [6.07, 6.45) is 0.545. The fraction of sp³-hybridized carbons (Fsp3) is 0. The van der Waals surface area contributed by atoms with Crippen LogP contribution < -0.4 is 4.74 Å². The second-order valence-electron chi connectivity index (χ2n) is 4.84. The van der Waals surface area contributed by atoms with Gasteiger partial charge in [0.05, 0.1) is 16.1 Å². The van der Waals surface area contributed by atoms with E-state index in [1.807, 2.05) is 30.3 Å². The zero-order valence-electron chi connectivity index (χ0n) is 11.8. The van der Waals surface area contributed by atoms with Crippen molar-refractivity contribution in [1.82, 2.24) is 0 Å². The van der Waals surface area contributed by atoms with Gasteiger partial charge in [-0.05, 0) is 29.0 Å². The van der Waals surface area contributed by atoms with Crippen molar-refractivity contribution in [2.45, 2.75) is 0 Å². The molecule has 0 N–H and O–H groups in total. The van der Waals surface area contributed by atoms with E-state index in [1.165, 1.54) is 12.1 Å². The molecule has 0 aliphatic heterocycles. The lowest BCUT2D eigenvalue weighted by molar-refractivity contribution is 0.0735. The summed E-state index contributed by atoms with van der Waals surface area (Å²) in [7, 11) is 0. The van der Waals surface area contributed by atoms with Crippen LogP contribution in [0.1, 0.15) is 20.7 Å². The van der Waals surface area contributed by atoms with Crippen molar-refractivity contribution in [3.05, 3.63) is 75.8 Å². The summed E-state index contributed by atoms with van der Waals surface area (Å²) in [6, 6.07) is 15.6. The average Bonchev–Trinajstić information content (AvgIpc) is 2.56. The fourth-order valence-electron chi connectivity index (χ4n) is 2.33. The molecule has 3 aromatic rings. The van der Waals surface area contributed by atoms with E-state index in [9.17, 15) is 9.59 Å². The molecule has 0 amide bonds. The number of aldehydes is 1. The molecule has 0 aliphatic rings. The monoisotopic (exact) mass is 344 g/mol. The van der Waals surface area contributed by atoms with Crippen LogP contribution in [0, 0.1) is 0 Å². The second-order valence-corrected chi connectivity index (χ2v) is 5.68. The van der Waals surface area contributed by atoms with Gasteiger partial charge in [0.1, 0.15) is 0 Å². The Hall–Kier alpha value is -2.36. The summed E-state index contributed by atoms with van der Waals surface area (Å²) < 4.78 is 5.36. The number of hydrogen-bond acceptors (Lipinski definition) is 3. The van der Waals surface area contributed by atoms with Gasteiger partial charge in [-0.2, -0.15) is 0 Å². The molecule has 0 saturated carbocycles. The molecule has 3 nitrogen and oxygen atoms in total. The average molecular weight is 345 g/mol. The lowest BCUT2D eigenvalue weighted by Crippen LogP contribution is -2.10. The molecule has 114 valence electrons. The molecule has 0 heterocycles. The number of ether oxygens (including phenoxy) is 1. The minimum Gasteiger partial charge on any atom is -0.421 e. The maximum atomic E-state index is 12.5. The highest BCUT2D eigenvalue weighted by molar-refractivity contribution is 6.36. The molecule has 3 rings (SSSR count). The molecule has 0 bridgehead atoms. The minimum absolute atomic E-state index is 0.00370. The Kier molecular flexibility index (Phi) is 4.33. The van der Waals surface area contributed by atoms with Crippen LogP contribution in [0.4, 0.5) is 0 Å². The van der Waals surface area contributed by atoms with E-state index in [2.05, 4.69) is 0 Å². The number of rotatable bonds is 3. The van der Waals surface area contributed by atoms with Gasteiger partial charge in [-0.3, -0.25) is 4.79 Å². The first-order valence-corrected chi connectivity index (χ1v) is 7.50. The Morgan fingerprint density at radius 1 is 1.00 bits per heavy atom. The Balaban J connectivity index is 2.04. The summed E-state index contributed by atoms with van der Waals surface area (Å²) in [5.41, 5.74) is 0.516. The predicted octanol–water partition coefficient (Wildman–Crippen LogP) is 5.18. The Morgan fingerprint density at radius 2 is 1.74 bits per heavy atom. The second kappa shape index (κ2) is 6.41. The van der Waals surface area contributed by atoms with E-state index in [1.54, 1.807) is 12.1 Å². The third kappa shape index (κ3) is 3.07. The fourth-order valence-corrected chi connectivity index (χ4v) is 2.87. The van der Waals surface area contributed by atoms with Crippen molar-refractivity contribution in [2.75, 3.05) is 0 Å². The van der Waals surface area contributed by atoms with Crippen LogP contribution in [0.5, 0.6) is 5.75 Å². The zero-order chi connectivity index (χ0) is 16.4. The van der Waals surface area contributed by atoms with Crippen LogP contribution in [-0.4, -0.2) is 12.3 Å². The summed E-state index contributed by atoms with van der Waals surface area (Å²) in [5.74, 6) is -0.585. The molecule has 3 aromatic carbocycles. The Morgan fingerprint density at radius 3 is 2.52 bits per heavy atom. The van der Waals surface area contributed by atoms with Crippen molar-refractivity contribution in [2.24, 2.45) is 0 Å². The highest BCUT2D eigenvalue weighted by Crippen LogP contribution is 2.32. The van der Waals surface area contributed by atoms with Crippen molar-refractivity contribution in [3.63, 3.8) is 0 Å². The first-order valence-electron chi connectivity index (χ1n) is 6.74. The smallest absolute Gasteiger partial charge is 0.344 e. The maximum Gasteiger partial charge on any atom is 0.344 e. The van der Waals surface area contributed by atoms with Gasteiger partial charge in [-0.15, -0.1) is 0 Å². The van der Waals surface area contributed by atoms with Gasteiger partial charge in [0, 0.05) is 5.02 Å². The third-order valence-electron chi connectivity index (χ3n) is 3.37. The lowest BCUT2D eigenvalue weighted by Gasteiger charge is -2.10. The van der Waals surface area contributed by atoms with Gasteiger partial charge < -0.3 is 4.74 Å². The minimum atomic E-state index is -0.589. The number of esters is 1. The molecule has 0 saturated heterocycles. The van der Waals surface area contributed by atoms with Gasteiger partial charge in [0.25, 0.3) is 0 Å². The van der Waals surface area contributed by atoms with Gasteiger partial charge in [-0.1, -0.05) is 59.6 Å². The van der Waals surface area contributed by atoms with Crippen molar-refractivity contribution < 1.29 is 14.3 Å². The van der Waals surface area contributed by atoms with Crippen molar-refractivity contribution in [3.8, 4) is 5.75 Å². The van der Waals surface area contributed by atoms with Crippen LogP contribution >= 0.6 is 23.2 Å². The van der Waals surface area contributed by atoms with Gasteiger partial charge in [0.2, 0.25) is 0 Å². The lowest BCUT2D eigenvalue weighted by atomic mass is 10.0. The number of benzene rings is 3. The molecule has 0 fully saturated rings. The van der Waals surface area contributed by atoms with Crippen molar-refractivity contribution >= 4 is 46.2 Å². The van der Waals surface area contributed by atoms with Crippen LogP contribution in [0.2, 0.25) is 10.0 Å². The van der Waals surface area contributed by atoms with Crippen LogP contribution in [0.3, 0.4) is 0 Å².